The highest BCUT2D eigenvalue weighted by Crippen LogP contribution is 2.42. The van der Waals surface area contributed by atoms with Crippen LogP contribution in [0.3, 0.4) is 0 Å². The molecule has 2 aromatic heterocycles. The van der Waals surface area contributed by atoms with Crippen LogP contribution in [0.5, 0.6) is 0 Å². The lowest BCUT2D eigenvalue weighted by atomic mass is 9.72. The van der Waals surface area contributed by atoms with Crippen molar-refractivity contribution in [1.29, 1.82) is 0 Å². The molecule has 3 rings (SSSR count). The molecule has 23 heavy (non-hydrogen) atoms. The highest BCUT2D eigenvalue weighted by molar-refractivity contribution is 7.99. The zero-order valence-corrected chi connectivity index (χ0v) is 15.1. The lowest BCUT2D eigenvalue weighted by Crippen LogP contribution is -2.26. The van der Waals surface area contributed by atoms with Crippen LogP contribution in [-0.2, 0) is 17.6 Å². The van der Waals surface area contributed by atoms with Gasteiger partial charge in [-0.3, -0.25) is 9.59 Å². The van der Waals surface area contributed by atoms with E-state index in [-0.39, 0.29) is 16.7 Å². The van der Waals surface area contributed by atoms with Gasteiger partial charge in [0.2, 0.25) is 0 Å². The molecule has 0 bridgehead atoms. The zero-order chi connectivity index (χ0) is 16.8. The molecular weight excluding hydrogens is 332 g/mol. The number of carbonyl (C=O) groups is 1. The van der Waals surface area contributed by atoms with E-state index in [0.717, 1.165) is 41.4 Å². The number of aromatic amines is 1. The van der Waals surface area contributed by atoms with E-state index in [0.29, 0.717) is 16.5 Å². The molecule has 0 radical (unpaired) electrons. The number of aromatic nitrogens is 2. The number of thioether (sulfide) groups is 1. The average Bonchev–Trinajstić information content (AvgIpc) is 2.81. The molecule has 5 nitrogen and oxygen atoms in total. The first-order chi connectivity index (χ1) is 10.8. The molecule has 0 aliphatic heterocycles. The summed E-state index contributed by atoms with van der Waals surface area (Å²) in [6.45, 7) is 6.80. The number of nitrogens with one attached hydrogen (secondary N) is 1. The SMILES string of the molecule is CC(C)(C)[C@@H]1CCc2c(sc3nc(SCC(=O)O)[nH]c(=O)c23)C1. The summed E-state index contributed by atoms with van der Waals surface area (Å²) >= 11 is 2.64. The number of hydrogen-bond donors (Lipinski definition) is 2. The van der Waals surface area contributed by atoms with E-state index >= 15 is 0 Å². The third-order valence-corrected chi connectivity index (χ3v) is 6.46. The van der Waals surface area contributed by atoms with Crippen LogP contribution >= 0.6 is 23.1 Å². The summed E-state index contributed by atoms with van der Waals surface area (Å²) < 4.78 is 0. The molecule has 2 heterocycles. The van der Waals surface area contributed by atoms with Gasteiger partial charge < -0.3 is 10.1 Å². The van der Waals surface area contributed by atoms with Crippen molar-refractivity contribution in [3.63, 3.8) is 0 Å². The number of fused-ring (bicyclic) bond motifs is 3. The molecule has 0 amide bonds. The van der Waals surface area contributed by atoms with Gasteiger partial charge in [-0.15, -0.1) is 11.3 Å². The Morgan fingerprint density at radius 1 is 1.48 bits per heavy atom. The molecule has 0 saturated carbocycles. The summed E-state index contributed by atoms with van der Waals surface area (Å²) in [5.74, 6) is -0.412. The van der Waals surface area contributed by atoms with Crippen LogP contribution in [0.2, 0.25) is 0 Å². The summed E-state index contributed by atoms with van der Waals surface area (Å²) in [6.07, 6.45) is 3.01. The highest BCUT2D eigenvalue weighted by atomic mass is 32.2. The summed E-state index contributed by atoms with van der Waals surface area (Å²) in [6, 6.07) is 0. The fraction of sp³-hybridized carbons (Fsp3) is 0.562. The maximum Gasteiger partial charge on any atom is 0.313 e. The quantitative estimate of drug-likeness (QED) is 0.654. The fourth-order valence-corrected chi connectivity index (χ4v) is 5.04. The Labute approximate surface area is 142 Å². The van der Waals surface area contributed by atoms with Crippen LogP contribution in [0.25, 0.3) is 10.2 Å². The minimum Gasteiger partial charge on any atom is -0.481 e. The number of carboxylic acid groups (broad SMARTS) is 1. The van der Waals surface area contributed by atoms with Crippen LogP contribution in [0.1, 0.15) is 37.6 Å². The summed E-state index contributed by atoms with van der Waals surface area (Å²) in [5, 5.41) is 9.85. The minimum atomic E-state index is -0.920. The number of aliphatic carboxylic acids is 1. The summed E-state index contributed by atoms with van der Waals surface area (Å²) in [4.78, 5) is 32.3. The van der Waals surface area contributed by atoms with Crippen LogP contribution in [0.4, 0.5) is 0 Å². The predicted octanol–water partition coefficient (Wildman–Crippen LogP) is 3.31. The van der Waals surface area contributed by atoms with E-state index in [1.54, 1.807) is 11.3 Å². The first-order valence-corrected chi connectivity index (χ1v) is 9.45. The first-order valence-electron chi connectivity index (χ1n) is 7.65. The summed E-state index contributed by atoms with van der Waals surface area (Å²) in [5.41, 5.74) is 1.26. The van der Waals surface area contributed by atoms with Gasteiger partial charge in [0, 0.05) is 4.88 Å². The Bertz CT molecular complexity index is 817. The maximum atomic E-state index is 12.4. The topological polar surface area (TPSA) is 83.0 Å². The van der Waals surface area contributed by atoms with Gasteiger partial charge in [-0.1, -0.05) is 32.5 Å². The van der Waals surface area contributed by atoms with Gasteiger partial charge in [-0.25, -0.2) is 4.98 Å². The van der Waals surface area contributed by atoms with Crippen molar-refractivity contribution < 1.29 is 9.90 Å². The smallest absolute Gasteiger partial charge is 0.313 e. The van der Waals surface area contributed by atoms with Gasteiger partial charge in [0.15, 0.2) is 5.16 Å². The molecule has 0 unspecified atom stereocenters. The van der Waals surface area contributed by atoms with Crippen molar-refractivity contribution in [3.8, 4) is 0 Å². The van der Waals surface area contributed by atoms with Gasteiger partial charge in [0.05, 0.1) is 11.1 Å². The molecular formula is C16H20N2O3S2. The predicted molar refractivity (Wildman–Crippen MR) is 93.6 cm³/mol. The molecule has 1 aliphatic carbocycles. The zero-order valence-electron chi connectivity index (χ0n) is 13.4. The van der Waals surface area contributed by atoms with E-state index < -0.39 is 5.97 Å². The Morgan fingerprint density at radius 2 is 2.22 bits per heavy atom. The second-order valence-corrected chi connectivity index (χ2v) is 9.09. The lowest BCUT2D eigenvalue weighted by molar-refractivity contribution is -0.133. The molecule has 0 aromatic carbocycles. The van der Waals surface area contributed by atoms with E-state index in [4.69, 9.17) is 5.11 Å². The third-order valence-electron chi connectivity index (χ3n) is 4.45. The molecule has 2 N–H and O–H groups in total. The Hall–Kier alpha value is -1.34. The molecule has 0 saturated heterocycles. The van der Waals surface area contributed by atoms with Crippen LogP contribution in [0.15, 0.2) is 9.95 Å². The van der Waals surface area contributed by atoms with Gasteiger partial charge in [0.1, 0.15) is 4.83 Å². The Morgan fingerprint density at radius 3 is 2.87 bits per heavy atom. The first kappa shape index (κ1) is 16.5. The summed E-state index contributed by atoms with van der Waals surface area (Å²) in [7, 11) is 0. The molecule has 2 aromatic rings. The fourth-order valence-electron chi connectivity index (χ4n) is 3.10. The van der Waals surface area contributed by atoms with Gasteiger partial charge in [-0.05, 0) is 36.2 Å². The number of carboxylic acids is 1. The standard InChI is InChI=1S/C16H20N2O3S2/c1-16(2,3)8-4-5-9-10(6-8)23-14-12(9)13(21)17-15(18-14)22-7-11(19)20/h8H,4-7H2,1-3H3,(H,19,20)(H,17,18,21)/t8-/m1/s1. The number of nitrogens with zero attached hydrogens (tertiary/aromatic N) is 1. The van der Waals surface area contributed by atoms with Crippen molar-refractivity contribution in [3.05, 3.63) is 20.8 Å². The van der Waals surface area contributed by atoms with E-state index in [1.165, 1.54) is 4.88 Å². The number of aryl methyl sites for hydroxylation is 1. The van der Waals surface area contributed by atoms with Crippen molar-refractivity contribution in [2.24, 2.45) is 11.3 Å². The number of rotatable bonds is 3. The van der Waals surface area contributed by atoms with Crippen LogP contribution in [-0.4, -0.2) is 26.8 Å². The lowest BCUT2D eigenvalue weighted by Gasteiger charge is -2.33. The molecule has 7 heteroatoms. The molecule has 0 fully saturated rings. The minimum absolute atomic E-state index is 0.106. The monoisotopic (exact) mass is 352 g/mol. The largest absolute Gasteiger partial charge is 0.481 e. The molecule has 1 atom stereocenters. The molecule has 1 aliphatic rings. The Balaban J connectivity index is 1.98. The average molecular weight is 352 g/mol. The van der Waals surface area contributed by atoms with Crippen LogP contribution in [0, 0.1) is 11.3 Å². The van der Waals surface area contributed by atoms with E-state index in [2.05, 4.69) is 30.7 Å². The second-order valence-electron chi connectivity index (χ2n) is 7.04. The van der Waals surface area contributed by atoms with Crippen molar-refractivity contribution >= 4 is 39.3 Å². The van der Waals surface area contributed by atoms with Gasteiger partial charge >= 0.3 is 5.97 Å². The van der Waals surface area contributed by atoms with Crippen molar-refractivity contribution in [2.45, 2.75) is 45.2 Å². The van der Waals surface area contributed by atoms with Crippen molar-refractivity contribution in [2.75, 3.05) is 5.75 Å². The number of hydrogen-bond acceptors (Lipinski definition) is 5. The third kappa shape index (κ3) is 3.30. The second kappa shape index (κ2) is 5.94. The van der Waals surface area contributed by atoms with E-state index in [1.807, 2.05) is 0 Å². The van der Waals surface area contributed by atoms with Gasteiger partial charge in [0.25, 0.3) is 5.56 Å². The van der Waals surface area contributed by atoms with E-state index in [9.17, 15) is 9.59 Å². The number of thiophene rings is 1. The van der Waals surface area contributed by atoms with Crippen LogP contribution < -0.4 is 5.56 Å². The highest BCUT2D eigenvalue weighted by Gasteiger charge is 2.31. The maximum absolute atomic E-state index is 12.4. The molecule has 0 spiro atoms. The molecule has 124 valence electrons. The number of H-pyrrole nitrogens is 1. The van der Waals surface area contributed by atoms with Gasteiger partial charge in [-0.2, -0.15) is 0 Å². The normalized spacial score (nSPS) is 18.1. The van der Waals surface area contributed by atoms with Crippen molar-refractivity contribution in [1.82, 2.24) is 9.97 Å². The Kier molecular flexibility index (Phi) is 4.27.